The van der Waals surface area contributed by atoms with E-state index in [0.717, 1.165) is 36.3 Å². The van der Waals surface area contributed by atoms with Gasteiger partial charge in [-0.25, -0.2) is 0 Å². The van der Waals surface area contributed by atoms with Crippen LogP contribution in [0.3, 0.4) is 0 Å². The molecule has 36 heavy (non-hydrogen) atoms. The molecule has 1 aliphatic rings. The minimum absolute atomic E-state index is 0.0598. The monoisotopic (exact) mass is 539 g/mol. The summed E-state index contributed by atoms with van der Waals surface area (Å²) in [6.45, 7) is 6.91. The van der Waals surface area contributed by atoms with Gasteiger partial charge in [0.1, 0.15) is 0 Å². The summed E-state index contributed by atoms with van der Waals surface area (Å²) in [6.07, 6.45) is -8.24. The maximum absolute atomic E-state index is 13.3. The SMILES string of the molecule is CC[Si](CC)(CC)CC[C@H](CCC(F)(F)F)N1CC[C@@H](CC(=O)O)C[C@H]1c1ccc(C(F)(F)F)cc1. The van der Waals surface area contributed by atoms with Gasteiger partial charge < -0.3 is 5.11 Å². The van der Waals surface area contributed by atoms with Crippen molar-refractivity contribution in [2.24, 2.45) is 5.92 Å². The Bertz CT molecular complexity index is 815. The number of likely N-dealkylation sites (tertiary alicyclic amines) is 1. The van der Waals surface area contributed by atoms with E-state index >= 15 is 0 Å². The number of hydrogen-bond acceptors (Lipinski definition) is 2. The van der Waals surface area contributed by atoms with Crippen LogP contribution in [-0.2, 0) is 11.0 Å². The maximum atomic E-state index is 13.3. The van der Waals surface area contributed by atoms with Gasteiger partial charge in [0, 0.05) is 24.9 Å². The van der Waals surface area contributed by atoms with E-state index in [1.807, 2.05) is 4.90 Å². The predicted octanol–water partition coefficient (Wildman–Crippen LogP) is 8.54. The van der Waals surface area contributed by atoms with Crippen LogP contribution in [-0.4, -0.2) is 42.8 Å². The second-order valence-corrected chi connectivity index (χ2v) is 15.9. The third-order valence-corrected chi connectivity index (χ3v) is 14.2. The zero-order valence-electron chi connectivity index (χ0n) is 21.4. The van der Waals surface area contributed by atoms with E-state index in [9.17, 15) is 36.2 Å². The van der Waals surface area contributed by atoms with Gasteiger partial charge in [0.25, 0.3) is 0 Å². The molecule has 1 fully saturated rings. The lowest BCUT2D eigenvalue weighted by Crippen LogP contribution is -2.45. The number of benzene rings is 1. The van der Waals surface area contributed by atoms with Gasteiger partial charge in [-0.2, -0.15) is 26.3 Å². The first-order chi connectivity index (χ1) is 16.7. The molecule has 0 amide bonds. The maximum Gasteiger partial charge on any atom is 0.416 e. The van der Waals surface area contributed by atoms with E-state index in [0.29, 0.717) is 31.4 Å². The second kappa shape index (κ2) is 12.8. The first-order valence-corrected chi connectivity index (χ1v) is 15.8. The van der Waals surface area contributed by atoms with Gasteiger partial charge in [-0.3, -0.25) is 9.69 Å². The topological polar surface area (TPSA) is 40.5 Å². The normalized spacial score (nSPS) is 20.9. The highest BCUT2D eigenvalue weighted by Crippen LogP contribution is 2.41. The highest BCUT2D eigenvalue weighted by molar-refractivity contribution is 6.79. The Morgan fingerprint density at radius 3 is 2.08 bits per heavy atom. The van der Waals surface area contributed by atoms with E-state index < -0.39 is 44.4 Å². The van der Waals surface area contributed by atoms with Crippen molar-refractivity contribution in [2.45, 2.75) is 108 Å². The zero-order valence-corrected chi connectivity index (χ0v) is 22.4. The van der Waals surface area contributed by atoms with Crippen molar-refractivity contribution in [2.75, 3.05) is 6.54 Å². The fourth-order valence-corrected chi connectivity index (χ4v) is 9.21. The van der Waals surface area contributed by atoms with Gasteiger partial charge in [0.2, 0.25) is 0 Å². The summed E-state index contributed by atoms with van der Waals surface area (Å²) in [4.78, 5) is 13.4. The standard InChI is InChI=1S/C26H39F6NO2Si/c1-4-36(5-2,6-3)16-13-22(11-14-25(27,28)29)33-15-12-19(18-24(34)35)17-23(33)20-7-9-21(10-8-20)26(30,31)32/h7-10,19,22-23H,4-6,11-18H2,1-3H3,(H,34,35)/t19-,22+,23+/m1/s1. The molecular weight excluding hydrogens is 500 g/mol. The van der Waals surface area contributed by atoms with Crippen LogP contribution in [0.25, 0.3) is 0 Å². The number of carboxylic acids is 1. The number of hydrogen-bond donors (Lipinski definition) is 1. The van der Waals surface area contributed by atoms with Crippen LogP contribution in [0.4, 0.5) is 26.3 Å². The lowest BCUT2D eigenvalue weighted by Gasteiger charge is -2.45. The smallest absolute Gasteiger partial charge is 0.416 e. The lowest BCUT2D eigenvalue weighted by molar-refractivity contribution is -0.141. The number of aliphatic carboxylic acids is 1. The summed E-state index contributed by atoms with van der Waals surface area (Å²) in [7, 11) is -1.59. The molecule has 1 saturated heterocycles. The van der Waals surface area contributed by atoms with Gasteiger partial charge in [-0.1, -0.05) is 57.1 Å². The number of nitrogens with zero attached hydrogens (tertiary/aromatic N) is 1. The second-order valence-electron chi connectivity index (χ2n) is 10.3. The van der Waals surface area contributed by atoms with Crippen molar-refractivity contribution in [1.29, 1.82) is 0 Å². The molecule has 3 atom stereocenters. The molecule has 1 heterocycles. The molecule has 1 aliphatic heterocycles. The summed E-state index contributed by atoms with van der Waals surface area (Å²) in [6, 6.07) is 8.13. The van der Waals surface area contributed by atoms with Crippen LogP contribution in [0.5, 0.6) is 0 Å². The lowest BCUT2D eigenvalue weighted by atomic mass is 9.83. The number of carboxylic acid groups (broad SMARTS) is 1. The van der Waals surface area contributed by atoms with E-state index in [4.69, 9.17) is 0 Å². The first-order valence-electron chi connectivity index (χ1n) is 12.9. The van der Waals surface area contributed by atoms with Gasteiger partial charge >= 0.3 is 18.3 Å². The minimum Gasteiger partial charge on any atom is -0.481 e. The highest BCUT2D eigenvalue weighted by atomic mass is 28.3. The number of piperidine rings is 1. The molecule has 2 rings (SSSR count). The number of rotatable bonds is 12. The fourth-order valence-electron chi connectivity index (χ4n) is 5.71. The zero-order chi connectivity index (χ0) is 27.1. The molecule has 3 nitrogen and oxygen atoms in total. The molecule has 1 N–H and O–H groups in total. The highest BCUT2D eigenvalue weighted by Gasteiger charge is 2.39. The Labute approximate surface area is 211 Å². The van der Waals surface area contributed by atoms with Crippen LogP contribution in [0.15, 0.2) is 24.3 Å². The first kappa shape index (κ1) is 30.7. The summed E-state index contributed by atoms with van der Waals surface area (Å²) in [5.74, 6) is -1.12. The van der Waals surface area contributed by atoms with Crippen molar-refractivity contribution >= 4 is 14.0 Å². The third-order valence-electron chi connectivity index (χ3n) is 8.33. The molecule has 1 aromatic carbocycles. The van der Waals surface area contributed by atoms with Crippen LogP contribution in [0.1, 0.15) is 76.5 Å². The molecular formula is C26H39F6NO2Si. The van der Waals surface area contributed by atoms with E-state index in [-0.39, 0.29) is 24.8 Å². The summed E-state index contributed by atoms with van der Waals surface area (Å²) in [5, 5.41) is 9.29. The summed E-state index contributed by atoms with van der Waals surface area (Å²) < 4.78 is 79.1. The van der Waals surface area contributed by atoms with E-state index in [1.165, 1.54) is 12.1 Å². The molecule has 1 aromatic rings. The Morgan fingerprint density at radius 2 is 1.61 bits per heavy atom. The fraction of sp³-hybridized carbons (Fsp3) is 0.731. The molecule has 10 heteroatoms. The Balaban J connectivity index is 2.39. The van der Waals surface area contributed by atoms with Crippen molar-refractivity contribution < 1.29 is 36.2 Å². The number of carbonyl (C=O) groups is 1. The molecule has 0 unspecified atom stereocenters. The van der Waals surface area contributed by atoms with Crippen molar-refractivity contribution in [1.82, 2.24) is 4.90 Å². The Hall–Kier alpha value is -1.55. The summed E-state index contributed by atoms with van der Waals surface area (Å²) in [5.41, 5.74) is -0.186. The van der Waals surface area contributed by atoms with Gasteiger partial charge in [-0.15, -0.1) is 0 Å². The van der Waals surface area contributed by atoms with Crippen LogP contribution >= 0.6 is 0 Å². The molecule has 0 bridgehead atoms. The average Bonchev–Trinajstić information content (AvgIpc) is 2.81. The molecule has 0 saturated carbocycles. The third kappa shape index (κ3) is 8.78. The van der Waals surface area contributed by atoms with E-state index in [2.05, 4.69) is 20.8 Å². The van der Waals surface area contributed by atoms with Crippen LogP contribution in [0.2, 0.25) is 24.2 Å². The molecule has 0 spiro atoms. The molecule has 0 radical (unpaired) electrons. The van der Waals surface area contributed by atoms with Gasteiger partial charge in [0.05, 0.1) is 13.6 Å². The summed E-state index contributed by atoms with van der Waals surface area (Å²) >= 11 is 0. The number of alkyl halides is 6. The largest absolute Gasteiger partial charge is 0.481 e. The van der Waals surface area contributed by atoms with Crippen molar-refractivity contribution in [3.05, 3.63) is 35.4 Å². The average molecular weight is 540 g/mol. The quantitative estimate of drug-likeness (QED) is 0.214. The predicted molar refractivity (Wildman–Crippen MR) is 132 cm³/mol. The molecule has 0 aromatic heterocycles. The van der Waals surface area contributed by atoms with Gasteiger partial charge in [0.15, 0.2) is 0 Å². The van der Waals surface area contributed by atoms with E-state index in [1.54, 1.807) is 0 Å². The molecule has 0 aliphatic carbocycles. The minimum atomic E-state index is -4.49. The van der Waals surface area contributed by atoms with Crippen LogP contribution < -0.4 is 0 Å². The molecule has 206 valence electrons. The van der Waals surface area contributed by atoms with Crippen molar-refractivity contribution in [3.8, 4) is 0 Å². The van der Waals surface area contributed by atoms with Gasteiger partial charge in [-0.05, 0) is 55.8 Å². The Kier molecular flexibility index (Phi) is 10.9. The van der Waals surface area contributed by atoms with Crippen LogP contribution in [0, 0.1) is 5.92 Å². The van der Waals surface area contributed by atoms with Crippen molar-refractivity contribution in [3.63, 3.8) is 0 Å². The Morgan fingerprint density at radius 1 is 1.03 bits per heavy atom. The number of halogens is 6.